The molecule has 1 unspecified atom stereocenters. The highest BCUT2D eigenvalue weighted by Crippen LogP contribution is 2.31. The number of anilines is 1. The van der Waals surface area contributed by atoms with E-state index in [-0.39, 0.29) is 11.3 Å². The van der Waals surface area contributed by atoms with Crippen molar-refractivity contribution in [3.05, 3.63) is 29.3 Å². The Morgan fingerprint density at radius 1 is 1.32 bits per heavy atom. The topological polar surface area (TPSA) is 46.3 Å². The van der Waals surface area contributed by atoms with E-state index < -0.39 is 0 Å². The van der Waals surface area contributed by atoms with Gasteiger partial charge in [-0.25, -0.2) is 0 Å². The monoisotopic (exact) mass is 260 g/mol. The maximum absolute atomic E-state index is 12.4. The first-order valence-electron chi connectivity index (χ1n) is 6.92. The molecule has 2 N–H and O–H groups in total. The van der Waals surface area contributed by atoms with Gasteiger partial charge in [-0.15, -0.1) is 0 Å². The molecule has 0 aliphatic carbocycles. The molecule has 0 spiro atoms. The molecule has 0 saturated heterocycles. The van der Waals surface area contributed by atoms with Crippen molar-refractivity contribution in [1.29, 1.82) is 0 Å². The number of hydrogen-bond acceptors (Lipinski definition) is 2. The van der Waals surface area contributed by atoms with Gasteiger partial charge in [0.2, 0.25) is 5.91 Å². The Labute approximate surface area is 115 Å². The van der Waals surface area contributed by atoms with Crippen LogP contribution in [0.25, 0.3) is 0 Å². The molecule has 1 aliphatic heterocycles. The lowest BCUT2D eigenvalue weighted by molar-refractivity contribution is -0.133. The van der Waals surface area contributed by atoms with Gasteiger partial charge in [0.05, 0.1) is 0 Å². The summed E-state index contributed by atoms with van der Waals surface area (Å²) in [7, 11) is 0. The zero-order valence-electron chi connectivity index (χ0n) is 12.4. The fraction of sp³-hybridized carbons (Fsp3) is 0.562. The second-order valence-electron chi connectivity index (χ2n) is 6.75. The fourth-order valence-corrected chi connectivity index (χ4v) is 2.29. The van der Waals surface area contributed by atoms with Crippen LogP contribution in [0.3, 0.4) is 0 Å². The molecule has 19 heavy (non-hydrogen) atoms. The highest BCUT2D eigenvalue weighted by atomic mass is 16.2. The Morgan fingerprint density at radius 3 is 2.58 bits per heavy atom. The lowest BCUT2D eigenvalue weighted by Crippen LogP contribution is -2.30. The molecule has 0 fully saturated rings. The molecule has 0 aromatic heterocycles. The van der Waals surface area contributed by atoms with Crippen LogP contribution in [0, 0.1) is 11.3 Å². The number of hydrogen-bond donors (Lipinski definition) is 1. The molecule has 104 valence electrons. The number of nitrogens with zero attached hydrogens (tertiary/aromatic N) is 1. The summed E-state index contributed by atoms with van der Waals surface area (Å²) in [6.07, 6.45) is 0.618. The average molecular weight is 260 g/mol. The summed E-state index contributed by atoms with van der Waals surface area (Å²) >= 11 is 0. The van der Waals surface area contributed by atoms with Crippen LogP contribution in [0.5, 0.6) is 0 Å². The highest BCUT2D eigenvalue weighted by molar-refractivity contribution is 5.77. The molecule has 1 aliphatic rings. The van der Waals surface area contributed by atoms with E-state index in [0.29, 0.717) is 18.9 Å². The van der Waals surface area contributed by atoms with Crippen LogP contribution in [-0.4, -0.2) is 10.8 Å². The van der Waals surface area contributed by atoms with Crippen LogP contribution in [0.15, 0.2) is 18.2 Å². The third-order valence-electron chi connectivity index (χ3n) is 4.26. The molecule has 1 atom stereocenters. The Kier molecular flexibility index (Phi) is 3.57. The zero-order valence-corrected chi connectivity index (χ0v) is 12.4. The fourth-order valence-electron chi connectivity index (χ4n) is 2.29. The minimum absolute atomic E-state index is 0.173. The van der Waals surface area contributed by atoms with Gasteiger partial charge in [-0.2, -0.15) is 0 Å². The van der Waals surface area contributed by atoms with Crippen LogP contribution in [-0.2, 0) is 17.9 Å². The number of nitrogens with two attached hydrogens (primary N) is 1. The van der Waals surface area contributed by atoms with Gasteiger partial charge in [0, 0.05) is 25.2 Å². The number of nitrogen functional groups attached to an aromatic ring is 1. The smallest absolute Gasteiger partial charge is 0.223 e. The second-order valence-corrected chi connectivity index (χ2v) is 6.75. The minimum Gasteiger partial charge on any atom is -0.399 e. The van der Waals surface area contributed by atoms with Gasteiger partial charge in [-0.05, 0) is 34.6 Å². The van der Waals surface area contributed by atoms with Crippen molar-refractivity contribution in [1.82, 2.24) is 4.90 Å². The second kappa shape index (κ2) is 4.87. The van der Waals surface area contributed by atoms with E-state index in [1.807, 2.05) is 23.1 Å². The van der Waals surface area contributed by atoms with Gasteiger partial charge in [-0.1, -0.05) is 33.8 Å². The van der Waals surface area contributed by atoms with E-state index in [1.165, 1.54) is 11.1 Å². The van der Waals surface area contributed by atoms with E-state index in [4.69, 9.17) is 5.73 Å². The van der Waals surface area contributed by atoms with Gasteiger partial charge < -0.3 is 10.6 Å². The average Bonchev–Trinajstić information content (AvgIpc) is 2.70. The molecule has 1 aromatic rings. The molecule has 0 radical (unpaired) electrons. The van der Waals surface area contributed by atoms with Crippen LogP contribution in [0.2, 0.25) is 0 Å². The lowest BCUT2D eigenvalue weighted by Gasteiger charge is -2.28. The van der Waals surface area contributed by atoms with Crippen LogP contribution >= 0.6 is 0 Å². The molecule has 2 rings (SSSR count). The first-order valence-corrected chi connectivity index (χ1v) is 6.92. The van der Waals surface area contributed by atoms with Gasteiger partial charge in [0.25, 0.3) is 0 Å². The largest absolute Gasteiger partial charge is 0.399 e. The van der Waals surface area contributed by atoms with E-state index in [2.05, 4.69) is 27.7 Å². The normalized spacial score (nSPS) is 16.3. The number of carbonyl (C=O) groups is 1. The SMILES string of the molecule is CC(CC(=O)N1Cc2ccc(N)cc2C1)C(C)(C)C. The van der Waals surface area contributed by atoms with Crippen molar-refractivity contribution >= 4 is 11.6 Å². The van der Waals surface area contributed by atoms with Crippen molar-refractivity contribution < 1.29 is 4.79 Å². The summed E-state index contributed by atoms with van der Waals surface area (Å²) < 4.78 is 0. The molecule has 0 bridgehead atoms. The van der Waals surface area contributed by atoms with Gasteiger partial charge in [-0.3, -0.25) is 4.79 Å². The van der Waals surface area contributed by atoms with Gasteiger partial charge >= 0.3 is 0 Å². The zero-order chi connectivity index (χ0) is 14.2. The van der Waals surface area contributed by atoms with E-state index in [9.17, 15) is 4.79 Å². The third-order valence-corrected chi connectivity index (χ3v) is 4.26. The molecule has 3 nitrogen and oxygen atoms in total. The standard InChI is InChI=1S/C16H24N2O/c1-11(16(2,3)4)7-15(19)18-9-12-5-6-14(17)8-13(12)10-18/h5-6,8,11H,7,9-10,17H2,1-4H3. The lowest BCUT2D eigenvalue weighted by atomic mass is 9.80. The molecule has 3 heteroatoms. The maximum atomic E-state index is 12.4. The Balaban J connectivity index is 2.01. The quantitative estimate of drug-likeness (QED) is 0.830. The third kappa shape index (κ3) is 3.09. The number of fused-ring (bicyclic) bond motifs is 1. The number of carbonyl (C=O) groups excluding carboxylic acids is 1. The maximum Gasteiger partial charge on any atom is 0.223 e. The minimum atomic E-state index is 0.173. The van der Waals surface area contributed by atoms with E-state index in [0.717, 1.165) is 12.2 Å². The van der Waals surface area contributed by atoms with Gasteiger partial charge in [0.1, 0.15) is 0 Å². The number of benzene rings is 1. The molecule has 0 saturated carbocycles. The number of amides is 1. The Morgan fingerprint density at radius 2 is 1.95 bits per heavy atom. The van der Waals surface area contributed by atoms with Crippen molar-refractivity contribution in [2.45, 2.75) is 47.2 Å². The van der Waals surface area contributed by atoms with E-state index >= 15 is 0 Å². The van der Waals surface area contributed by atoms with Crippen LogP contribution in [0.1, 0.15) is 45.2 Å². The highest BCUT2D eigenvalue weighted by Gasteiger charge is 2.28. The van der Waals surface area contributed by atoms with Crippen molar-refractivity contribution in [2.24, 2.45) is 11.3 Å². The summed E-state index contributed by atoms with van der Waals surface area (Å²) in [5, 5.41) is 0. The molecular weight excluding hydrogens is 236 g/mol. The summed E-state index contributed by atoms with van der Waals surface area (Å²) in [6.45, 7) is 10.1. The van der Waals surface area contributed by atoms with Crippen LogP contribution < -0.4 is 5.73 Å². The molecule has 1 aromatic carbocycles. The Hall–Kier alpha value is -1.51. The predicted molar refractivity (Wildman–Crippen MR) is 78.3 cm³/mol. The number of rotatable bonds is 2. The molecule has 1 heterocycles. The molecular formula is C16H24N2O. The Bertz CT molecular complexity index is 488. The summed E-state index contributed by atoms with van der Waals surface area (Å²) in [5.41, 5.74) is 9.15. The van der Waals surface area contributed by atoms with Crippen molar-refractivity contribution in [3.8, 4) is 0 Å². The first kappa shape index (κ1) is 13.9. The first-order chi connectivity index (χ1) is 8.77. The van der Waals surface area contributed by atoms with E-state index in [1.54, 1.807) is 0 Å². The van der Waals surface area contributed by atoms with Gasteiger partial charge in [0.15, 0.2) is 0 Å². The van der Waals surface area contributed by atoms with Crippen molar-refractivity contribution in [3.63, 3.8) is 0 Å². The van der Waals surface area contributed by atoms with Crippen molar-refractivity contribution in [2.75, 3.05) is 5.73 Å². The molecule has 1 amide bonds. The van der Waals surface area contributed by atoms with Crippen LogP contribution in [0.4, 0.5) is 5.69 Å². The summed E-state index contributed by atoms with van der Waals surface area (Å²) in [6, 6.07) is 5.92. The predicted octanol–water partition coefficient (Wildman–Crippen LogP) is 3.18. The summed E-state index contributed by atoms with van der Waals surface area (Å²) in [4.78, 5) is 14.3. The summed E-state index contributed by atoms with van der Waals surface area (Å²) in [5.74, 6) is 0.631.